The van der Waals surface area contributed by atoms with E-state index in [1.165, 1.54) is 30.3 Å². The molecule has 182 valence electrons. The summed E-state index contributed by atoms with van der Waals surface area (Å²) in [6.07, 6.45) is -0.289. The van der Waals surface area contributed by atoms with Crippen LogP contribution in [0.15, 0.2) is 77.7 Å². The number of hydrogen-bond acceptors (Lipinski definition) is 5. The minimum atomic E-state index is -4.69. The Labute approximate surface area is 207 Å². The molecule has 10 heteroatoms. The predicted octanol–water partition coefficient (Wildman–Crippen LogP) is 3.19. The maximum Gasteiger partial charge on any atom is 0.328 e. The zero-order chi connectivity index (χ0) is 25.4. The molecule has 0 heterocycles. The van der Waals surface area contributed by atoms with Crippen molar-refractivity contribution in [3.05, 3.63) is 100 Å². The van der Waals surface area contributed by atoms with Gasteiger partial charge < -0.3 is 10.8 Å². The number of carbonyl (C=O) groups excluding carboxylic acids is 1. The number of halogens is 2. The van der Waals surface area contributed by atoms with Crippen LogP contribution in [0.3, 0.4) is 0 Å². The Morgan fingerprint density at radius 1 is 1.03 bits per heavy atom. The standard InChI is InChI=1S/C25H22ClFN2O5S/c26-19-6-3-7-21(13-19)35(33,34)29(22(23(30)31)12-16-8-10-20(27)11-9-16)24(32)25(28)14-17-4-1-2-5-18(17)15-25/h1-11,13,22H,12,14-15,28H2,(H,30,31)/t22-/m0/s1. The molecule has 0 spiro atoms. The molecule has 0 saturated heterocycles. The van der Waals surface area contributed by atoms with Gasteiger partial charge in [0.15, 0.2) is 0 Å². The first-order chi connectivity index (χ1) is 16.5. The van der Waals surface area contributed by atoms with Crippen molar-refractivity contribution in [2.75, 3.05) is 0 Å². The monoisotopic (exact) mass is 516 g/mol. The molecule has 4 rings (SSSR count). The van der Waals surface area contributed by atoms with Gasteiger partial charge in [0.25, 0.3) is 15.9 Å². The van der Waals surface area contributed by atoms with Gasteiger partial charge in [-0.3, -0.25) is 4.79 Å². The summed E-state index contributed by atoms with van der Waals surface area (Å²) in [5.74, 6) is -3.12. The molecule has 0 unspecified atom stereocenters. The van der Waals surface area contributed by atoms with Crippen LogP contribution in [-0.4, -0.2) is 41.3 Å². The summed E-state index contributed by atoms with van der Waals surface area (Å²) in [5, 5.41) is 10.2. The van der Waals surface area contributed by atoms with Crippen LogP contribution in [0.5, 0.6) is 0 Å². The van der Waals surface area contributed by atoms with E-state index in [0.717, 1.165) is 29.3 Å². The van der Waals surface area contributed by atoms with Gasteiger partial charge >= 0.3 is 5.97 Å². The van der Waals surface area contributed by atoms with Crippen molar-refractivity contribution in [2.45, 2.75) is 35.7 Å². The van der Waals surface area contributed by atoms with E-state index in [-0.39, 0.29) is 29.2 Å². The summed E-state index contributed by atoms with van der Waals surface area (Å²) < 4.78 is 41.3. The predicted molar refractivity (Wildman–Crippen MR) is 128 cm³/mol. The van der Waals surface area contributed by atoms with Crippen molar-refractivity contribution < 1.29 is 27.5 Å². The van der Waals surface area contributed by atoms with Crippen LogP contribution in [0.4, 0.5) is 4.39 Å². The Kier molecular flexibility index (Phi) is 6.68. The zero-order valence-corrected chi connectivity index (χ0v) is 20.0. The molecule has 0 aromatic heterocycles. The number of fused-ring (bicyclic) bond motifs is 1. The maximum absolute atomic E-state index is 13.9. The van der Waals surface area contributed by atoms with E-state index >= 15 is 0 Å². The number of hydrogen-bond donors (Lipinski definition) is 2. The van der Waals surface area contributed by atoms with Crippen LogP contribution >= 0.6 is 11.6 Å². The van der Waals surface area contributed by atoms with Gasteiger partial charge in [0.2, 0.25) is 0 Å². The number of aliphatic carboxylic acids is 1. The second-order valence-electron chi connectivity index (χ2n) is 8.53. The summed E-state index contributed by atoms with van der Waals surface area (Å²) in [5.41, 5.74) is 6.71. The lowest BCUT2D eigenvalue weighted by atomic mass is 9.95. The number of sulfonamides is 1. The van der Waals surface area contributed by atoms with Gasteiger partial charge in [-0.25, -0.2) is 21.9 Å². The highest BCUT2D eigenvalue weighted by molar-refractivity contribution is 7.89. The second kappa shape index (κ2) is 9.41. The second-order valence-corrected chi connectivity index (χ2v) is 10.8. The molecule has 35 heavy (non-hydrogen) atoms. The van der Waals surface area contributed by atoms with Crippen LogP contribution in [0.25, 0.3) is 0 Å². The number of rotatable bonds is 7. The molecule has 1 atom stereocenters. The van der Waals surface area contributed by atoms with Crippen molar-refractivity contribution in [2.24, 2.45) is 5.73 Å². The van der Waals surface area contributed by atoms with Crippen molar-refractivity contribution in [3.63, 3.8) is 0 Å². The molecule has 0 aliphatic heterocycles. The molecule has 0 bridgehead atoms. The largest absolute Gasteiger partial charge is 0.480 e. The van der Waals surface area contributed by atoms with Gasteiger partial charge in [0, 0.05) is 24.3 Å². The van der Waals surface area contributed by atoms with Gasteiger partial charge in [0.05, 0.1) is 4.90 Å². The fraction of sp³-hybridized carbons (Fsp3) is 0.200. The highest BCUT2D eigenvalue weighted by Gasteiger charge is 2.50. The zero-order valence-electron chi connectivity index (χ0n) is 18.4. The topological polar surface area (TPSA) is 118 Å². The number of nitrogens with zero attached hydrogens (tertiary/aromatic N) is 1. The Balaban J connectivity index is 1.82. The van der Waals surface area contributed by atoms with Crippen molar-refractivity contribution in [1.29, 1.82) is 0 Å². The Morgan fingerprint density at radius 2 is 1.63 bits per heavy atom. The molecule has 3 aromatic carbocycles. The molecule has 3 N–H and O–H groups in total. The van der Waals surface area contributed by atoms with E-state index in [2.05, 4.69) is 0 Å². The van der Waals surface area contributed by atoms with Crippen molar-refractivity contribution >= 4 is 33.5 Å². The van der Waals surface area contributed by atoms with E-state index in [9.17, 15) is 27.5 Å². The number of nitrogens with two attached hydrogens (primary N) is 1. The quantitative estimate of drug-likeness (QED) is 0.498. The summed E-state index contributed by atoms with van der Waals surface area (Å²) in [6.45, 7) is 0. The molecular weight excluding hydrogens is 495 g/mol. The molecule has 7 nitrogen and oxygen atoms in total. The summed E-state index contributed by atoms with van der Waals surface area (Å²) >= 11 is 5.99. The average Bonchev–Trinajstić information content (AvgIpc) is 3.17. The number of benzene rings is 3. The fourth-order valence-electron chi connectivity index (χ4n) is 4.29. The van der Waals surface area contributed by atoms with Crippen LogP contribution < -0.4 is 5.73 Å². The van der Waals surface area contributed by atoms with Gasteiger partial charge in [-0.2, -0.15) is 0 Å². The first-order valence-corrected chi connectivity index (χ1v) is 12.5. The van der Waals surface area contributed by atoms with Gasteiger partial charge in [0.1, 0.15) is 17.4 Å². The number of carboxylic acid groups (broad SMARTS) is 1. The highest BCUT2D eigenvalue weighted by atomic mass is 35.5. The maximum atomic E-state index is 13.9. The van der Waals surface area contributed by atoms with E-state index in [0.29, 0.717) is 9.87 Å². The number of carbonyl (C=O) groups is 2. The number of carboxylic acids is 1. The lowest BCUT2D eigenvalue weighted by Crippen LogP contribution is -2.61. The van der Waals surface area contributed by atoms with E-state index < -0.39 is 39.3 Å². The van der Waals surface area contributed by atoms with E-state index in [1.54, 1.807) is 24.3 Å². The highest BCUT2D eigenvalue weighted by Crippen LogP contribution is 2.33. The summed E-state index contributed by atoms with van der Waals surface area (Å²) in [7, 11) is -4.69. The fourth-order valence-corrected chi connectivity index (χ4v) is 6.20. The first kappa shape index (κ1) is 24.8. The molecule has 1 aliphatic rings. The van der Waals surface area contributed by atoms with Gasteiger partial charge in [-0.1, -0.05) is 54.1 Å². The van der Waals surface area contributed by atoms with E-state index in [1.807, 2.05) is 0 Å². The Morgan fingerprint density at radius 3 is 2.17 bits per heavy atom. The lowest BCUT2D eigenvalue weighted by molar-refractivity contribution is -0.147. The minimum Gasteiger partial charge on any atom is -0.480 e. The summed E-state index contributed by atoms with van der Waals surface area (Å²) in [4.78, 5) is 26.0. The molecule has 0 radical (unpaired) electrons. The van der Waals surface area contributed by atoms with Crippen LogP contribution in [-0.2, 0) is 38.9 Å². The van der Waals surface area contributed by atoms with Crippen molar-refractivity contribution in [1.82, 2.24) is 4.31 Å². The molecule has 0 saturated carbocycles. The molecule has 3 aromatic rings. The van der Waals surface area contributed by atoms with E-state index in [4.69, 9.17) is 17.3 Å². The summed E-state index contributed by atoms with van der Waals surface area (Å²) in [6, 6.07) is 15.5. The van der Waals surface area contributed by atoms with Crippen molar-refractivity contribution in [3.8, 4) is 0 Å². The molecule has 1 aliphatic carbocycles. The number of amides is 1. The third kappa shape index (κ3) is 4.93. The molecular formula is C25H22ClFN2O5S. The lowest BCUT2D eigenvalue weighted by Gasteiger charge is -2.34. The van der Waals surface area contributed by atoms with Crippen LogP contribution in [0, 0.1) is 5.82 Å². The molecule has 1 amide bonds. The Bertz CT molecular complexity index is 1370. The first-order valence-electron chi connectivity index (χ1n) is 10.7. The van der Waals surface area contributed by atoms with Crippen LogP contribution in [0.2, 0.25) is 5.02 Å². The Hall–Kier alpha value is -3.27. The van der Waals surface area contributed by atoms with Gasteiger partial charge in [-0.15, -0.1) is 0 Å². The van der Waals surface area contributed by atoms with Crippen LogP contribution in [0.1, 0.15) is 16.7 Å². The molecule has 0 fully saturated rings. The third-order valence-electron chi connectivity index (χ3n) is 6.02. The SMILES string of the molecule is NC1(C(=O)N([C@@H](Cc2ccc(F)cc2)C(=O)O)S(=O)(=O)c2cccc(Cl)c2)Cc2ccccc2C1. The third-order valence-corrected chi connectivity index (χ3v) is 8.04. The smallest absolute Gasteiger partial charge is 0.328 e. The normalized spacial score (nSPS) is 15.3. The van der Waals surface area contributed by atoms with Gasteiger partial charge in [-0.05, 0) is 47.0 Å². The average molecular weight is 517 g/mol. The minimum absolute atomic E-state index is 0.0481.